The van der Waals surface area contributed by atoms with Crippen molar-refractivity contribution < 1.29 is 8.83 Å². The van der Waals surface area contributed by atoms with E-state index in [1.54, 1.807) is 6.07 Å². The normalized spacial score (nSPS) is 21.5. The van der Waals surface area contributed by atoms with Crippen molar-refractivity contribution in [3.8, 4) is 24.0 Å². The average molecular weight is 578 g/mol. The van der Waals surface area contributed by atoms with E-state index in [1.165, 1.54) is 5.56 Å². The summed E-state index contributed by atoms with van der Waals surface area (Å²) in [4.78, 5) is 2.41. The predicted octanol–water partition coefficient (Wildman–Crippen LogP) is 9.28. The summed E-state index contributed by atoms with van der Waals surface area (Å²) in [6, 6.07) is 28.8. The third-order valence-electron chi connectivity index (χ3n) is 9.50. The van der Waals surface area contributed by atoms with Crippen LogP contribution in [-0.4, -0.2) is 5.54 Å². The molecule has 0 N–H and O–H groups in total. The summed E-state index contributed by atoms with van der Waals surface area (Å²) in [6.07, 6.45) is 12.8. The van der Waals surface area contributed by atoms with Gasteiger partial charge in [0.1, 0.15) is 28.4 Å². The highest BCUT2D eigenvalue weighted by Crippen LogP contribution is 2.54. The zero-order valence-corrected chi connectivity index (χ0v) is 24.2. The number of anilines is 1. The molecule has 4 aromatic carbocycles. The van der Waals surface area contributed by atoms with Crippen molar-refractivity contribution in [2.75, 3.05) is 4.90 Å². The SMILES string of the molecule is CC12C=CC=CC1c1ccccc1N2C1=CC#CC(C#N)=CC1c1ccc2oc3cc4c(cc3c2c1)oc1ccc(C#N)cc14. The van der Waals surface area contributed by atoms with Crippen LogP contribution in [0.1, 0.15) is 35.4 Å². The van der Waals surface area contributed by atoms with Gasteiger partial charge >= 0.3 is 0 Å². The maximum absolute atomic E-state index is 9.98. The van der Waals surface area contributed by atoms with Gasteiger partial charge in [0.2, 0.25) is 0 Å². The largest absolute Gasteiger partial charge is 0.456 e. The fourth-order valence-electron chi connectivity index (χ4n) is 7.42. The van der Waals surface area contributed by atoms with E-state index in [4.69, 9.17) is 8.83 Å². The van der Waals surface area contributed by atoms with Crippen LogP contribution in [0.15, 0.2) is 129 Å². The lowest BCUT2D eigenvalue weighted by Gasteiger charge is -2.42. The van der Waals surface area contributed by atoms with Crippen molar-refractivity contribution in [3.05, 3.63) is 137 Å². The highest BCUT2D eigenvalue weighted by atomic mass is 16.3. The molecule has 2 aromatic heterocycles. The number of rotatable bonds is 2. The summed E-state index contributed by atoms with van der Waals surface area (Å²) < 4.78 is 12.6. The molecule has 45 heavy (non-hydrogen) atoms. The Morgan fingerprint density at radius 1 is 0.800 bits per heavy atom. The lowest BCUT2D eigenvalue weighted by Crippen LogP contribution is -2.45. The number of hydrogen-bond donors (Lipinski definition) is 0. The summed E-state index contributed by atoms with van der Waals surface area (Å²) >= 11 is 0. The molecule has 210 valence electrons. The number of nitriles is 2. The van der Waals surface area contributed by atoms with Crippen molar-refractivity contribution in [1.29, 1.82) is 10.5 Å². The number of fused-ring (bicyclic) bond motifs is 9. The summed E-state index contributed by atoms with van der Waals surface area (Å²) in [5.74, 6) is 6.18. The molecule has 0 saturated heterocycles. The third kappa shape index (κ3) is 3.55. The van der Waals surface area contributed by atoms with Crippen molar-refractivity contribution >= 4 is 49.6 Å². The van der Waals surface area contributed by atoms with Gasteiger partial charge in [-0.05, 0) is 72.7 Å². The van der Waals surface area contributed by atoms with E-state index in [9.17, 15) is 10.5 Å². The van der Waals surface area contributed by atoms with Gasteiger partial charge in [-0.1, -0.05) is 60.4 Å². The number of allylic oxidation sites excluding steroid dienone is 5. The second-order valence-electron chi connectivity index (χ2n) is 12.0. The highest BCUT2D eigenvalue weighted by Gasteiger charge is 2.48. The Hall–Kier alpha value is -6.22. The van der Waals surface area contributed by atoms with Crippen LogP contribution in [0.25, 0.3) is 43.9 Å². The fraction of sp³-hybridized carbons (Fsp3) is 0.100. The Kier molecular flexibility index (Phi) is 5.14. The van der Waals surface area contributed by atoms with E-state index in [-0.39, 0.29) is 17.4 Å². The molecular weight excluding hydrogens is 554 g/mol. The quantitative estimate of drug-likeness (QED) is 0.192. The highest BCUT2D eigenvalue weighted by molar-refractivity contribution is 6.15. The molecule has 9 rings (SSSR count). The molecule has 0 radical (unpaired) electrons. The maximum Gasteiger partial charge on any atom is 0.136 e. The van der Waals surface area contributed by atoms with E-state index >= 15 is 0 Å². The minimum Gasteiger partial charge on any atom is -0.456 e. The molecule has 0 spiro atoms. The van der Waals surface area contributed by atoms with Crippen LogP contribution in [0, 0.1) is 34.5 Å². The zero-order valence-electron chi connectivity index (χ0n) is 24.2. The Morgan fingerprint density at radius 2 is 1.53 bits per heavy atom. The Morgan fingerprint density at radius 3 is 2.31 bits per heavy atom. The van der Waals surface area contributed by atoms with E-state index in [0.29, 0.717) is 11.1 Å². The Bertz CT molecular complexity index is 2570. The van der Waals surface area contributed by atoms with Crippen molar-refractivity contribution in [1.82, 2.24) is 0 Å². The second-order valence-corrected chi connectivity index (χ2v) is 12.0. The van der Waals surface area contributed by atoms with E-state index in [2.05, 4.69) is 96.5 Å². The van der Waals surface area contributed by atoms with Gasteiger partial charge in [-0.25, -0.2) is 0 Å². The van der Waals surface area contributed by atoms with Gasteiger partial charge in [0, 0.05) is 50.8 Å². The molecule has 0 bridgehead atoms. The van der Waals surface area contributed by atoms with Crippen molar-refractivity contribution in [3.63, 3.8) is 0 Å². The van der Waals surface area contributed by atoms with Crippen molar-refractivity contribution in [2.45, 2.75) is 24.3 Å². The average Bonchev–Trinajstić information content (AvgIpc) is 3.63. The molecule has 0 fully saturated rings. The minimum atomic E-state index is -0.333. The first kappa shape index (κ1) is 25.3. The van der Waals surface area contributed by atoms with Gasteiger partial charge in [0.25, 0.3) is 0 Å². The van der Waals surface area contributed by atoms with Crippen molar-refractivity contribution in [2.24, 2.45) is 0 Å². The maximum atomic E-state index is 9.98. The van der Waals surface area contributed by atoms with Gasteiger partial charge in [0.05, 0.1) is 22.7 Å². The van der Waals surface area contributed by atoms with Crippen LogP contribution in [0.2, 0.25) is 0 Å². The summed E-state index contributed by atoms with van der Waals surface area (Å²) in [5.41, 5.74) is 8.14. The van der Waals surface area contributed by atoms with Gasteiger partial charge in [0.15, 0.2) is 0 Å². The van der Waals surface area contributed by atoms with Gasteiger partial charge in [-0.3, -0.25) is 0 Å². The Labute approximate surface area is 258 Å². The van der Waals surface area contributed by atoms with Crippen LogP contribution in [0.3, 0.4) is 0 Å². The molecule has 2 aliphatic carbocycles. The summed E-state index contributed by atoms with van der Waals surface area (Å²) in [6.45, 7) is 2.27. The lowest BCUT2D eigenvalue weighted by atomic mass is 9.79. The van der Waals surface area contributed by atoms with Crippen LogP contribution in [-0.2, 0) is 0 Å². The number of nitrogens with zero attached hydrogens (tertiary/aromatic N) is 3. The summed E-state index contributed by atoms with van der Waals surface area (Å²) in [5, 5.41) is 23.1. The molecule has 3 unspecified atom stereocenters. The van der Waals surface area contributed by atoms with Crippen LogP contribution in [0.5, 0.6) is 0 Å². The summed E-state index contributed by atoms with van der Waals surface area (Å²) in [7, 11) is 0. The first-order valence-electron chi connectivity index (χ1n) is 14.9. The van der Waals surface area contributed by atoms with Gasteiger partial charge in [-0.15, -0.1) is 0 Å². The molecule has 3 atom stereocenters. The predicted molar refractivity (Wildman–Crippen MR) is 176 cm³/mol. The topological polar surface area (TPSA) is 77.1 Å². The Balaban J connectivity index is 1.23. The van der Waals surface area contributed by atoms with Gasteiger partial charge < -0.3 is 13.7 Å². The monoisotopic (exact) mass is 577 g/mol. The first-order chi connectivity index (χ1) is 22.1. The molecule has 3 aliphatic rings. The van der Waals surface area contributed by atoms with Gasteiger partial charge in [-0.2, -0.15) is 10.5 Å². The minimum absolute atomic E-state index is 0.187. The first-order valence-corrected chi connectivity index (χ1v) is 14.9. The standard InChI is InChI=1S/C40H23N3O2/c1-40-16-5-4-9-33(40)27-8-2-3-10-34(27)43(40)35-11-6-7-24(22-41)17-28(35)26-13-15-37-30(19-26)32-21-38-31(20-39(32)45-37)29-18-25(23-42)12-14-36(29)44-38/h2-5,8-21,28,33H,1H3. The van der Waals surface area contributed by atoms with Crippen LogP contribution in [0.4, 0.5) is 5.69 Å². The third-order valence-corrected chi connectivity index (χ3v) is 9.50. The zero-order chi connectivity index (χ0) is 30.3. The molecule has 0 saturated carbocycles. The molecular formula is C40H23N3O2. The van der Waals surface area contributed by atoms with E-state index in [1.807, 2.05) is 42.5 Å². The second kappa shape index (κ2) is 9.14. The molecule has 1 aliphatic heterocycles. The van der Waals surface area contributed by atoms with Crippen LogP contribution < -0.4 is 4.90 Å². The van der Waals surface area contributed by atoms with Crippen LogP contribution >= 0.6 is 0 Å². The molecule has 5 heteroatoms. The smallest absolute Gasteiger partial charge is 0.136 e. The lowest BCUT2D eigenvalue weighted by molar-refractivity contribution is 0.519. The molecule has 6 aromatic rings. The van der Waals surface area contributed by atoms with E-state index < -0.39 is 0 Å². The number of para-hydroxylation sites is 1. The number of furan rings is 2. The molecule has 5 nitrogen and oxygen atoms in total. The number of benzene rings is 4. The molecule has 0 amide bonds. The number of hydrogen-bond acceptors (Lipinski definition) is 5. The molecule has 3 heterocycles. The fourth-order valence-corrected chi connectivity index (χ4v) is 7.42. The van der Waals surface area contributed by atoms with E-state index in [0.717, 1.165) is 60.8 Å².